The fraction of sp³-hybridized carbons (Fsp3) is 0. The summed E-state index contributed by atoms with van der Waals surface area (Å²) in [5.41, 5.74) is 0. The molecule has 0 radical (unpaired) electrons. The summed E-state index contributed by atoms with van der Waals surface area (Å²) in [4.78, 5) is 8.36. The first-order valence-electron chi connectivity index (χ1n) is 0.494. The van der Waals surface area contributed by atoms with Crippen LogP contribution in [0, 0.1) is 0 Å². The van der Waals surface area contributed by atoms with Crippen molar-refractivity contribution in [3.05, 3.63) is 0 Å². The minimum Gasteiger partial charge on any atom is 0.316 e. The van der Waals surface area contributed by atoms with Crippen molar-refractivity contribution in [2.75, 3.05) is 0 Å². The number of hydrogen-bond acceptors (Lipinski definition) is 1. The quantitative estimate of drug-likeness (QED) is 0.289. The molecule has 0 aromatic carbocycles. The van der Waals surface area contributed by atoms with Gasteiger partial charge >= 0.3 is 60.8 Å². The molecule has 1 N–H and O–H groups in total. The van der Waals surface area contributed by atoms with Gasteiger partial charge in [0, 0.05) is 0 Å². The van der Waals surface area contributed by atoms with E-state index in [0.717, 1.165) is 0 Å². The molecular formula is CH6CaMgO2. The van der Waals surface area contributed by atoms with Gasteiger partial charge in [-0.25, -0.2) is 0 Å². The molecule has 0 aliphatic carbocycles. The maximum atomic E-state index is 8.36. The van der Waals surface area contributed by atoms with E-state index in [1.165, 1.54) is 0 Å². The van der Waals surface area contributed by atoms with Crippen LogP contribution in [0.3, 0.4) is 0 Å². The van der Waals surface area contributed by atoms with E-state index in [1.54, 1.807) is 0 Å². The summed E-state index contributed by atoms with van der Waals surface area (Å²) >= 11 is 0. The number of hydrogen-bond donors (Lipinski definition) is 1. The van der Waals surface area contributed by atoms with Gasteiger partial charge in [-0.15, -0.1) is 0 Å². The number of carboxylic acid groups (broad SMARTS) is 1. The van der Waals surface area contributed by atoms with Crippen LogP contribution >= 0.6 is 0 Å². The average Bonchev–Trinajstić information content (AvgIpc) is 0.918. The summed E-state index contributed by atoms with van der Waals surface area (Å²) in [5.74, 6) is 0. The zero-order valence-corrected chi connectivity index (χ0v) is 1.43. The van der Waals surface area contributed by atoms with Crippen molar-refractivity contribution in [2.45, 2.75) is 0 Å². The van der Waals surface area contributed by atoms with Crippen molar-refractivity contribution in [1.82, 2.24) is 0 Å². The first-order valence-corrected chi connectivity index (χ1v) is 0.494. The predicted molar refractivity (Wildman–Crippen MR) is 25.8 cm³/mol. The molecular weight excluding hydrogens is 108 g/mol. The fourth-order valence-electron chi connectivity index (χ4n) is 0. The van der Waals surface area contributed by atoms with Crippen LogP contribution in [0.1, 0.15) is 0 Å². The van der Waals surface area contributed by atoms with Crippen LogP contribution in [0.15, 0.2) is 0 Å². The van der Waals surface area contributed by atoms with Crippen molar-refractivity contribution in [1.29, 1.82) is 0 Å². The molecule has 0 amide bonds. The molecule has 5 heavy (non-hydrogen) atoms. The van der Waals surface area contributed by atoms with Gasteiger partial charge in [0.25, 0.3) is 6.47 Å². The van der Waals surface area contributed by atoms with Gasteiger partial charge in [0.2, 0.25) is 0 Å². The molecule has 0 aliphatic heterocycles. The van der Waals surface area contributed by atoms with E-state index in [1.807, 2.05) is 0 Å². The van der Waals surface area contributed by atoms with Crippen molar-refractivity contribution in [3.63, 3.8) is 0 Å². The van der Waals surface area contributed by atoms with Crippen LogP contribution in [0.5, 0.6) is 0 Å². The molecule has 2 nitrogen and oxygen atoms in total. The number of rotatable bonds is 0. The molecule has 0 heterocycles. The van der Waals surface area contributed by atoms with Crippen LogP contribution < -0.4 is 0 Å². The minimum atomic E-state index is -0.250. The van der Waals surface area contributed by atoms with Gasteiger partial charge in [0.15, 0.2) is 0 Å². The van der Waals surface area contributed by atoms with Crippen molar-refractivity contribution >= 4 is 67.3 Å². The molecule has 0 bridgehead atoms. The van der Waals surface area contributed by atoms with Gasteiger partial charge in [-0.3, -0.25) is 4.79 Å². The molecule has 0 saturated heterocycles. The molecule has 0 rings (SSSR count). The summed E-state index contributed by atoms with van der Waals surface area (Å²) in [5, 5.41) is 6.89. The second-order valence-corrected chi connectivity index (χ2v) is 0.105. The normalized spacial score (nSPS) is 2.40. The van der Waals surface area contributed by atoms with Crippen molar-refractivity contribution in [2.24, 2.45) is 0 Å². The van der Waals surface area contributed by atoms with E-state index in [9.17, 15) is 0 Å². The summed E-state index contributed by atoms with van der Waals surface area (Å²) in [6.45, 7) is -0.250. The third-order valence-corrected chi connectivity index (χ3v) is 0. The Hall–Kier alpha value is 1.50. The topological polar surface area (TPSA) is 37.3 Å². The predicted octanol–water partition coefficient (Wildman–Crippen LogP) is -2.13. The SMILES string of the molecule is O=CO.[CaH2].[MgH2]. The summed E-state index contributed by atoms with van der Waals surface area (Å²) in [6, 6.07) is 0. The van der Waals surface area contributed by atoms with Gasteiger partial charge in [-0.2, -0.15) is 0 Å². The van der Waals surface area contributed by atoms with E-state index < -0.39 is 0 Å². The van der Waals surface area contributed by atoms with Gasteiger partial charge in [0.1, 0.15) is 0 Å². The molecule has 0 aromatic rings. The first kappa shape index (κ1) is 16.1. The minimum absolute atomic E-state index is 0. The molecule has 0 fully saturated rings. The number of carbonyl (C=O) groups is 1. The molecule has 0 aliphatic rings. The zero-order valence-electron chi connectivity index (χ0n) is 1.43. The Morgan fingerprint density at radius 2 is 1.60 bits per heavy atom. The van der Waals surface area contributed by atoms with E-state index in [2.05, 4.69) is 0 Å². The Bertz CT molecular complexity index is 17.1. The van der Waals surface area contributed by atoms with Gasteiger partial charge in [-0.05, 0) is 0 Å². The Morgan fingerprint density at radius 3 is 1.60 bits per heavy atom. The molecule has 0 spiro atoms. The standard InChI is InChI=1S/CH2O2.Ca.Mg.4H/c2-1-3;;;;;;/h1H,(H,2,3);;;;;;. The van der Waals surface area contributed by atoms with Crippen molar-refractivity contribution in [3.8, 4) is 0 Å². The summed E-state index contributed by atoms with van der Waals surface area (Å²) < 4.78 is 0. The average molecular weight is 114 g/mol. The molecule has 0 unspecified atom stereocenters. The smallest absolute Gasteiger partial charge is 0.316 e. The zero-order chi connectivity index (χ0) is 2.71. The second-order valence-electron chi connectivity index (χ2n) is 0.105. The van der Waals surface area contributed by atoms with Crippen LogP contribution in [-0.4, -0.2) is 72.4 Å². The third kappa shape index (κ3) is 30.0. The van der Waals surface area contributed by atoms with Gasteiger partial charge < -0.3 is 5.11 Å². The Balaban J connectivity index is -0.0000000200. The van der Waals surface area contributed by atoms with E-state index in [4.69, 9.17) is 9.90 Å². The van der Waals surface area contributed by atoms with Crippen LogP contribution in [0.2, 0.25) is 0 Å². The maximum absolute atomic E-state index is 8.36. The first-order chi connectivity index (χ1) is 1.41. The largest absolute Gasteiger partial charge is 0.316 e. The van der Waals surface area contributed by atoms with E-state index in [0.29, 0.717) is 0 Å². The Morgan fingerprint density at radius 1 is 1.60 bits per heavy atom. The van der Waals surface area contributed by atoms with E-state index >= 15 is 0 Å². The molecule has 26 valence electrons. The molecule has 0 saturated carbocycles. The molecule has 4 heteroatoms. The molecule has 0 aromatic heterocycles. The summed E-state index contributed by atoms with van der Waals surface area (Å²) in [7, 11) is 0. The Kier molecular flexibility index (Phi) is 57.3. The third-order valence-electron chi connectivity index (χ3n) is 0. The molecule has 0 atom stereocenters. The van der Waals surface area contributed by atoms with Gasteiger partial charge in [0.05, 0.1) is 0 Å². The Labute approximate surface area is 76.1 Å². The van der Waals surface area contributed by atoms with Crippen molar-refractivity contribution < 1.29 is 9.90 Å². The van der Waals surface area contributed by atoms with Crippen LogP contribution in [0.4, 0.5) is 0 Å². The maximum Gasteiger partial charge on any atom is 0.316 e. The second kappa shape index (κ2) is 17.8. The van der Waals surface area contributed by atoms with Crippen LogP contribution in [0.25, 0.3) is 0 Å². The monoisotopic (exact) mass is 114 g/mol. The van der Waals surface area contributed by atoms with E-state index in [-0.39, 0.29) is 67.3 Å². The van der Waals surface area contributed by atoms with Crippen LogP contribution in [-0.2, 0) is 4.79 Å². The fourth-order valence-corrected chi connectivity index (χ4v) is 0. The summed E-state index contributed by atoms with van der Waals surface area (Å²) in [6.07, 6.45) is 0. The van der Waals surface area contributed by atoms with Gasteiger partial charge in [-0.1, -0.05) is 0 Å².